The number of rotatable bonds is 4. The van der Waals surface area contributed by atoms with Crippen molar-refractivity contribution in [3.63, 3.8) is 0 Å². The number of benzene rings is 1. The van der Waals surface area contributed by atoms with E-state index in [2.05, 4.69) is 0 Å². The van der Waals surface area contributed by atoms with E-state index in [1.54, 1.807) is 12.2 Å². The first-order valence-corrected chi connectivity index (χ1v) is 5.43. The lowest BCUT2D eigenvalue weighted by Gasteiger charge is -2.12. The zero-order valence-corrected chi connectivity index (χ0v) is 10.1. The molecule has 0 spiro atoms. The van der Waals surface area contributed by atoms with E-state index in [0.29, 0.717) is 10.6 Å². The maximum atomic E-state index is 13.2. The van der Waals surface area contributed by atoms with Crippen LogP contribution in [-0.4, -0.2) is 12.5 Å². The van der Waals surface area contributed by atoms with Gasteiger partial charge < -0.3 is 11.1 Å². The Bertz CT molecular complexity index is 412. The third-order valence-electron chi connectivity index (χ3n) is 2.20. The molecule has 1 atom stereocenters. The molecular formula is C10H12Cl2FN2O+. The molecule has 0 saturated heterocycles. The minimum Gasteiger partial charge on any atom is -0.365 e. The summed E-state index contributed by atoms with van der Waals surface area (Å²) in [5.74, 6) is -0.960. The molecule has 1 aromatic carbocycles. The van der Waals surface area contributed by atoms with Gasteiger partial charge in [-0.15, -0.1) is 0 Å². The quantitative estimate of drug-likeness (QED) is 0.791. The summed E-state index contributed by atoms with van der Waals surface area (Å²) in [5, 5.41) is 2.03. The molecule has 1 rings (SSSR count). The van der Waals surface area contributed by atoms with Crippen LogP contribution >= 0.6 is 23.2 Å². The van der Waals surface area contributed by atoms with Crippen LogP contribution in [0.15, 0.2) is 12.1 Å². The summed E-state index contributed by atoms with van der Waals surface area (Å²) in [6, 6.07) is 2.46. The van der Waals surface area contributed by atoms with Crippen molar-refractivity contribution in [2.24, 2.45) is 5.73 Å². The average Bonchev–Trinajstić information content (AvgIpc) is 2.20. The van der Waals surface area contributed by atoms with Crippen molar-refractivity contribution >= 4 is 29.1 Å². The Morgan fingerprint density at radius 2 is 2.12 bits per heavy atom. The standard InChI is InChI=1S/C10H11Cl2FN2O/c1-5(15-4-10(14)16)6-2-9(13)8(12)3-7(6)11/h2-3,5,15H,4H2,1H3,(H2,14,16)/p+1/t5-/m1/s1. The van der Waals surface area contributed by atoms with Gasteiger partial charge in [-0.1, -0.05) is 23.2 Å². The van der Waals surface area contributed by atoms with Gasteiger partial charge in [-0.2, -0.15) is 0 Å². The zero-order valence-electron chi connectivity index (χ0n) is 8.64. The predicted molar refractivity (Wildman–Crippen MR) is 60.8 cm³/mol. The van der Waals surface area contributed by atoms with E-state index in [1.165, 1.54) is 12.1 Å². The molecule has 0 aliphatic heterocycles. The highest BCUT2D eigenvalue weighted by Crippen LogP contribution is 2.27. The molecule has 3 nitrogen and oxygen atoms in total. The number of carbonyl (C=O) groups is 1. The molecule has 0 aromatic heterocycles. The van der Waals surface area contributed by atoms with Crippen molar-refractivity contribution in [2.75, 3.05) is 6.54 Å². The molecule has 1 amide bonds. The van der Waals surface area contributed by atoms with Crippen LogP contribution < -0.4 is 11.1 Å². The van der Waals surface area contributed by atoms with E-state index in [9.17, 15) is 9.18 Å². The van der Waals surface area contributed by atoms with Crippen LogP contribution in [0.5, 0.6) is 0 Å². The summed E-state index contributed by atoms with van der Waals surface area (Å²) in [6.07, 6.45) is 0. The molecular weight excluding hydrogens is 254 g/mol. The highest BCUT2D eigenvalue weighted by atomic mass is 35.5. The van der Waals surface area contributed by atoms with Crippen molar-refractivity contribution in [3.05, 3.63) is 33.6 Å². The molecule has 0 unspecified atom stereocenters. The van der Waals surface area contributed by atoms with E-state index in [1.807, 2.05) is 0 Å². The molecule has 0 saturated carbocycles. The van der Waals surface area contributed by atoms with Crippen LogP contribution in [0, 0.1) is 5.82 Å². The molecule has 16 heavy (non-hydrogen) atoms. The number of halogens is 3. The predicted octanol–water partition coefficient (Wildman–Crippen LogP) is 1.24. The van der Waals surface area contributed by atoms with E-state index in [4.69, 9.17) is 28.9 Å². The topological polar surface area (TPSA) is 59.7 Å². The summed E-state index contributed by atoms with van der Waals surface area (Å²) in [7, 11) is 0. The van der Waals surface area contributed by atoms with Crippen molar-refractivity contribution in [3.8, 4) is 0 Å². The third-order valence-corrected chi connectivity index (χ3v) is 2.82. The van der Waals surface area contributed by atoms with Crippen LogP contribution in [0.1, 0.15) is 18.5 Å². The van der Waals surface area contributed by atoms with Crippen molar-refractivity contribution in [2.45, 2.75) is 13.0 Å². The van der Waals surface area contributed by atoms with Crippen LogP contribution in [0.4, 0.5) is 4.39 Å². The Labute approximate surface area is 103 Å². The monoisotopic (exact) mass is 265 g/mol. The van der Waals surface area contributed by atoms with Crippen LogP contribution in [0.25, 0.3) is 0 Å². The highest BCUT2D eigenvalue weighted by Gasteiger charge is 2.16. The molecule has 0 aliphatic carbocycles. The van der Waals surface area contributed by atoms with Gasteiger partial charge in [0.2, 0.25) is 0 Å². The molecule has 0 heterocycles. The lowest BCUT2D eigenvalue weighted by molar-refractivity contribution is -0.682. The van der Waals surface area contributed by atoms with Gasteiger partial charge in [0, 0.05) is 5.56 Å². The van der Waals surface area contributed by atoms with Crippen LogP contribution in [-0.2, 0) is 4.79 Å². The molecule has 6 heteroatoms. The number of amides is 1. The normalized spacial score (nSPS) is 12.5. The number of quaternary nitrogens is 1. The van der Waals surface area contributed by atoms with E-state index in [-0.39, 0.29) is 17.6 Å². The van der Waals surface area contributed by atoms with Gasteiger partial charge in [-0.3, -0.25) is 4.79 Å². The van der Waals surface area contributed by atoms with Gasteiger partial charge in [-0.05, 0) is 19.1 Å². The number of primary amides is 1. The van der Waals surface area contributed by atoms with Crippen molar-refractivity contribution in [1.82, 2.24) is 0 Å². The SMILES string of the molecule is C[C@@H]([NH2+]CC(N)=O)c1cc(F)c(Cl)cc1Cl. The van der Waals surface area contributed by atoms with Gasteiger partial charge >= 0.3 is 0 Å². The molecule has 4 N–H and O–H groups in total. The fraction of sp³-hybridized carbons (Fsp3) is 0.300. The molecule has 0 fully saturated rings. The summed E-state index contributed by atoms with van der Waals surface area (Å²) >= 11 is 11.5. The minimum atomic E-state index is -0.527. The largest absolute Gasteiger partial charge is 0.365 e. The van der Waals surface area contributed by atoms with E-state index < -0.39 is 11.7 Å². The van der Waals surface area contributed by atoms with E-state index >= 15 is 0 Å². The third kappa shape index (κ3) is 3.33. The average molecular weight is 266 g/mol. The number of hydrogen-bond acceptors (Lipinski definition) is 1. The Balaban J connectivity index is 2.86. The number of carbonyl (C=O) groups excluding carboxylic acids is 1. The maximum absolute atomic E-state index is 13.2. The Kier molecular flexibility index (Phi) is 4.53. The number of hydrogen-bond donors (Lipinski definition) is 2. The second-order valence-corrected chi connectivity index (χ2v) is 4.30. The molecule has 0 bridgehead atoms. The van der Waals surface area contributed by atoms with E-state index in [0.717, 1.165) is 0 Å². The molecule has 0 aliphatic rings. The molecule has 0 radical (unpaired) electrons. The molecule has 1 aromatic rings. The van der Waals surface area contributed by atoms with Gasteiger partial charge in [-0.25, -0.2) is 4.39 Å². The Morgan fingerprint density at radius 1 is 1.50 bits per heavy atom. The second-order valence-electron chi connectivity index (χ2n) is 3.48. The first-order valence-electron chi connectivity index (χ1n) is 4.68. The van der Waals surface area contributed by atoms with Crippen LogP contribution in [0.3, 0.4) is 0 Å². The minimum absolute atomic E-state index is 0.0177. The van der Waals surface area contributed by atoms with Crippen LogP contribution in [0.2, 0.25) is 10.0 Å². The first-order chi connectivity index (χ1) is 7.41. The number of nitrogens with two attached hydrogens (primary N) is 2. The van der Waals surface area contributed by atoms with Gasteiger partial charge in [0.25, 0.3) is 5.91 Å². The smallest absolute Gasteiger partial charge is 0.272 e. The highest BCUT2D eigenvalue weighted by molar-refractivity contribution is 6.35. The maximum Gasteiger partial charge on any atom is 0.272 e. The lowest BCUT2D eigenvalue weighted by Crippen LogP contribution is -2.86. The second kappa shape index (κ2) is 5.48. The van der Waals surface area contributed by atoms with Crippen molar-refractivity contribution in [1.29, 1.82) is 0 Å². The summed E-state index contributed by atoms with van der Waals surface area (Å²) in [4.78, 5) is 10.6. The summed E-state index contributed by atoms with van der Waals surface area (Å²) < 4.78 is 13.2. The fourth-order valence-corrected chi connectivity index (χ4v) is 1.86. The summed E-state index contributed by atoms with van der Waals surface area (Å²) in [6.45, 7) is 1.93. The fourth-order valence-electron chi connectivity index (χ4n) is 1.31. The summed E-state index contributed by atoms with van der Waals surface area (Å²) in [5.41, 5.74) is 5.60. The zero-order chi connectivity index (χ0) is 12.3. The van der Waals surface area contributed by atoms with Gasteiger partial charge in [0.05, 0.1) is 10.0 Å². The van der Waals surface area contributed by atoms with Gasteiger partial charge in [0.1, 0.15) is 11.9 Å². The lowest BCUT2D eigenvalue weighted by atomic mass is 10.1. The first kappa shape index (κ1) is 13.2. The Hall–Kier alpha value is -0.840. The van der Waals surface area contributed by atoms with Crippen molar-refractivity contribution < 1.29 is 14.5 Å². The molecule has 88 valence electrons. The Morgan fingerprint density at radius 3 is 2.69 bits per heavy atom. The van der Waals surface area contributed by atoms with Gasteiger partial charge in [0.15, 0.2) is 6.54 Å².